The van der Waals surface area contributed by atoms with Crippen molar-refractivity contribution in [1.29, 1.82) is 0 Å². The van der Waals surface area contributed by atoms with Crippen LogP contribution in [-0.2, 0) is 11.3 Å². The molecule has 2 saturated heterocycles. The van der Waals surface area contributed by atoms with Gasteiger partial charge in [0.15, 0.2) is 5.06 Å². The minimum absolute atomic E-state index is 0.334. The van der Waals surface area contributed by atoms with Crippen LogP contribution in [0, 0.1) is 23.6 Å². The second-order valence-electron chi connectivity index (χ2n) is 10.4. The number of amides is 1. The van der Waals surface area contributed by atoms with Gasteiger partial charge < -0.3 is 19.1 Å². The van der Waals surface area contributed by atoms with Crippen LogP contribution >= 0.6 is 11.3 Å². The van der Waals surface area contributed by atoms with Crippen LogP contribution in [0.2, 0.25) is 0 Å². The Bertz CT molecular complexity index is 1270. The number of nitrogens with zero attached hydrogens (tertiary/aromatic N) is 3. The van der Waals surface area contributed by atoms with E-state index in [1.54, 1.807) is 17.0 Å². The zero-order valence-corrected chi connectivity index (χ0v) is 22.9. The Hall–Kier alpha value is -3.14. The molecular weight excluding hydrogens is 517 g/mol. The van der Waals surface area contributed by atoms with Crippen LogP contribution in [0.25, 0.3) is 0 Å². The minimum Gasteiger partial charge on any atom is -0.494 e. The van der Waals surface area contributed by atoms with Gasteiger partial charge in [0.05, 0.1) is 31.2 Å². The first-order valence-electron chi connectivity index (χ1n) is 13.7. The van der Waals surface area contributed by atoms with Gasteiger partial charge in [-0.05, 0) is 78.1 Å². The number of anilines is 2. The smallest absolute Gasteiger partial charge is 0.420 e. The summed E-state index contributed by atoms with van der Waals surface area (Å²) < 4.78 is 32.0. The molecule has 6 rings (SSSR count). The largest absolute Gasteiger partial charge is 0.494 e. The highest BCUT2D eigenvalue weighted by Crippen LogP contribution is 2.52. The zero-order valence-electron chi connectivity index (χ0n) is 22.1. The van der Waals surface area contributed by atoms with Crippen molar-refractivity contribution in [3.05, 3.63) is 71.4 Å². The molecule has 0 radical (unpaired) electrons. The van der Waals surface area contributed by atoms with Crippen LogP contribution in [0.15, 0.2) is 60.0 Å². The first-order valence-corrected chi connectivity index (χ1v) is 14.6. The maximum Gasteiger partial charge on any atom is 0.420 e. The number of hydrogen-bond acceptors (Lipinski definition) is 7. The van der Waals surface area contributed by atoms with E-state index in [-0.39, 0.29) is 5.82 Å². The molecule has 1 aromatic heterocycles. The molecular formula is C30H34FN3O4S. The quantitative estimate of drug-likeness (QED) is 0.350. The van der Waals surface area contributed by atoms with E-state index in [0.717, 1.165) is 25.4 Å². The molecule has 0 spiro atoms. The van der Waals surface area contributed by atoms with Gasteiger partial charge in [-0.15, -0.1) is 11.3 Å². The van der Waals surface area contributed by atoms with Gasteiger partial charge in [0.2, 0.25) is 0 Å². The molecule has 0 bridgehead atoms. The van der Waals surface area contributed by atoms with Gasteiger partial charge in [-0.1, -0.05) is 12.1 Å². The molecule has 0 N–H and O–H groups in total. The molecule has 2 aliphatic heterocycles. The number of piperidine rings is 1. The molecule has 2 atom stereocenters. The van der Waals surface area contributed by atoms with Gasteiger partial charge in [-0.25, -0.2) is 9.18 Å². The van der Waals surface area contributed by atoms with Crippen LogP contribution in [0.5, 0.6) is 10.8 Å². The number of ether oxygens (including phenoxy) is 3. The molecule has 3 fully saturated rings. The molecule has 206 valence electrons. The van der Waals surface area contributed by atoms with E-state index in [2.05, 4.69) is 17.0 Å². The summed E-state index contributed by atoms with van der Waals surface area (Å²) in [5, 5.41) is 2.40. The Morgan fingerprint density at radius 1 is 1.10 bits per heavy atom. The maximum absolute atomic E-state index is 15.3. The predicted octanol–water partition coefficient (Wildman–Crippen LogP) is 5.51. The molecule has 3 aromatic rings. The third-order valence-corrected chi connectivity index (χ3v) is 8.70. The van der Waals surface area contributed by atoms with Gasteiger partial charge in [-0.2, -0.15) is 0 Å². The van der Waals surface area contributed by atoms with Gasteiger partial charge in [0.25, 0.3) is 0 Å². The monoisotopic (exact) mass is 551 g/mol. The van der Waals surface area contributed by atoms with Crippen molar-refractivity contribution in [2.75, 3.05) is 62.3 Å². The lowest BCUT2D eigenvalue weighted by atomic mass is 10.1. The van der Waals surface area contributed by atoms with Crippen LogP contribution in [0.3, 0.4) is 0 Å². The predicted molar refractivity (Wildman–Crippen MR) is 150 cm³/mol. The summed E-state index contributed by atoms with van der Waals surface area (Å²) in [7, 11) is 0. The van der Waals surface area contributed by atoms with E-state index in [1.165, 1.54) is 23.0 Å². The van der Waals surface area contributed by atoms with Gasteiger partial charge >= 0.3 is 6.09 Å². The van der Waals surface area contributed by atoms with Gasteiger partial charge in [0, 0.05) is 39.3 Å². The first kappa shape index (κ1) is 26.1. The highest BCUT2D eigenvalue weighted by Gasteiger charge is 2.56. The summed E-state index contributed by atoms with van der Waals surface area (Å²) in [4.78, 5) is 19.4. The highest BCUT2D eigenvalue weighted by molar-refractivity contribution is 7.11. The van der Waals surface area contributed by atoms with Crippen molar-refractivity contribution in [2.45, 2.75) is 13.5 Å². The molecule has 1 amide bonds. The van der Waals surface area contributed by atoms with E-state index in [0.29, 0.717) is 73.6 Å². The lowest BCUT2D eigenvalue weighted by Crippen LogP contribution is -2.38. The number of fused-ring (bicyclic) bond motifs is 1. The van der Waals surface area contributed by atoms with Crippen LogP contribution < -0.4 is 19.3 Å². The molecule has 1 saturated carbocycles. The second kappa shape index (κ2) is 11.5. The van der Waals surface area contributed by atoms with Crippen molar-refractivity contribution < 1.29 is 23.4 Å². The van der Waals surface area contributed by atoms with Crippen molar-refractivity contribution in [3.8, 4) is 10.8 Å². The number of carbonyl (C=O) groups excluding carboxylic acids is 1. The maximum atomic E-state index is 15.3. The molecule has 1 aliphatic carbocycles. The minimum atomic E-state index is -0.467. The number of thiophene rings is 1. The number of benzene rings is 2. The molecule has 3 aliphatic rings. The number of halogens is 1. The second-order valence-corrected chi connectivity index (χ2v) is 11.3. The average Bonchev–Trinajstić information content (AvgIpc) is 3.28. The molecule has 2 unspecified atom stereocenters. The Balaban J connectivity index is 1.13. The lowest BCUT2D eigenvalue weighted by molar-refractivity contribution is 0.122. The number of carbonyl (C=O) groups is 1. The summed E-state index contributed by atoms with van der Waals surface area (Å²) in [6.07, 6.45) is -0.467. The Morgan fingerprint density at radius 3 is 2.64 bits per heavy atom. The molecule has 9 heteroatoms. The standard InChI is InChI=1S/C30H34FN3O4S/c1-2-37-23-6-3-5-21(15-23)17-32-18-24-25(19-32)26(24)20-34(30(35)38-29-7-4-14-39-29)22-8-9-28(27(31)16-22)33-10-12-36-13-11-33/h3-9,14-16,24-26H,2,10-13,17-20H2,1H3. The molecule has 2 aromatic carbocycles. The van der Waals surface area contributed by atoms with E-state index in [1.807, 2.05) is 41.5 Å². The topological polar surface area (TPSA) is 54.5 Å². The summed E-state index contributed by atoms with van der Waals surface area (Å²) in [5.74, 6) is 1.99. The molecule has 3 heterocycles. The number of likely N-dealkylation sites (tertiary alicyclic amines) is 1. The fourth-order valence-electron chi connectivity index (χ4n) is 5.98. The average molecular weight is 552 g/mol. The SMILES string of the molecule is CCOc1cccc(CN2CC3C(C2)C3CN(C(=O)Oc2cccs2)c2ccc(N3CCOCC3)c(F)c2)c1. The van der Waals surface area contributed by atoms with Crippen molar-refractivity contribution >= 4 is 28.8 Å². The Labute approximate surface area is 232 Å². The van der Waals surface area contributed by atoms with E-state index in [4.69, 9.17) is 14.2 Å². The third-order valence-electron chi connectivity index (χ3n) is 7.95. The number of morpholine rings is 1. The molecule has 7 nitrogen and oxygen atoms in total. The van der Waals surface area contributed by atoms with Crippen molar-refractivity contribution in [1.82, 2.24) is 4.90 Å². The highest BCUT2D eigenvalue weighted by atomic mass is 32.1. The summed E-state index contributed by atoms with van der Waals surface area (Å²) in [6, 6.07) is 17.0. The Morgan fingerprint density at radius 2 is 1.92 bits per heavy atom. The Kier molecular flexibility index (Phi) is 7.72. The normalized spacial score (nSPS) is 22.4. The van der Waals surface area contributed by atoms with Crippen molar-refractivity contribution in [2.24, 2.45) is 17.8 Å². The van der Waals surface area contributed by atoms with Crippen LogP contribution in [0.4, 0.5) is 20.6 Å². The van der Waals surface area contributed by atoms with Crippen LogP contribution in [0.1, 0.15) is 12.5 Å². The fourth-order valence-corrected chi connectivity index (χ4v) is 6.55. The first-order chi connectivity index (χ1) is 19.1. The van der Waals surface area contributed by atoms with Crippen LogP contribution in [-0.4, -0.2) is 63.5 Å². The van der Waals surface area contributed by atoms with Gasteiger partial charge in [-0.3, -0.25) is 9.80 Å². The lowest BCUT2D eigenvalue weighted by Gasteiger charge is -2.30. The molecule has 39 heavy (non-hydrogen) atoms. The summed E-state index contributed by atoms with van der Waals surface area (Å²) >= 11 is 1.37. The van der Waals surface area contributed by atoms with Gasteiger partial charge in [0.1, 0.15) is 11.6 Å². The van der Waals surface area contributed by atoms with E-state index < -0.39 is 6.09 Å². The zero-order chi connectivity index (χ0) is 26.8. The fraction of sp³-hybridized carbons (Fsp3) is 0.433. The summed E-state index contributed by atoms with van der Waals surface area (Å²) in [5.41, 5.74) is 2.32. The van der Waals surface area contributed by atoms with Crippen molar-refractivity contribution in [3.63, 3.8) is 0 Å². The summed E-state index contributed by atoms with van der Waals surface area (Å²) in [6.45, 7) is 8.51. The van der Waals surface area contributed by atoms with E-state index >= 15 is 4.39 Å². The number of hydrogen-bond donors (Lipinski definition) is 0. The number of rotatable bonds is 9. The van der Waals surface area contributed by atoms with E-state index in [9.17, 15) is 4.79 Å². The third kappa shape index (κ3) is 5.90.